The molecule has 102 valence electrons. The summed E-state index contributed by atoms with van der Waals surface area (Å²) in [6.07, 6.45) is 2.01. The van der Waals surface area contributed by atoms with Crippen LogP contribution in [0, 0.1) is 17.1 Å². The van der Waals surface area contributed by atoms with Crippen LogP contribution in [0.2, 0.25) is 0 Å². The molecule has 2 aromatic rings. The van der Waals surface area contributed by atoms with E-state index in [1.54, 1.807) is 6.07 Å². The number of hydrogen-bond acceptors (Lipinski definition) is 6. The fourth-order valence-electron chi connectivity index (χ4n) is 1.34. The Morgan fingerprint density at radius 1 is 1.30 bits per heavy atom. The second kappa shape index (κ2) is 5.10. The Kier molecular flexibility index (Phi) is 3.49. The first-order valence-electron chi connectivity index (χ1n) is 5.22. The van der Waals surface area contributed by atoms with Gasteiger partial charge in [-0.25, -0.2) is 22.8 Å². The van der Waals surface area contributed by atoms with E-state index in [9.17, 15) is 12.8 Å². The fourth-order valence-corrected chi connectivity index (χ4v) is 2.29. The summed E-state index contributed by atoms with van der Waals surface area (Å²) in [6, 6.07) is 5.12. The first kappa shape index (κ1) is 13.7. The van der Waals surface area contributed by atoms with Crippen LogP contribution < -0.4 is 10.5 Å². The maximum Gasteiger partial charge on any atom is 0.265 e. The number of nitrogens with two attached hydrogens (primary N) is 1. The van der Waals surface area contributed by atoms with E-state index >= 15 is 0 Å². The largest absolute Gasteiger partial charge is 0.368 e. The number of hydrogen-bond donors (Lipinski definition) is 2. The van der Waals surface area contributed by atoms with E-state index in [2.05, 4.69) is 9.97 Å². The van der Waals surface area contributed by atoms with Gasteiger partial charge in [0.2, 0.25) is 5.95 Å². The zero-order valence-corrected chi connectivity index (χ0v) is 10.7. The van der Waals surface area contributed by atoms with Crippen molar-refractivity contribution in [2.75, 3.05) is 10.5 Å². The first-order valence-corrected chi connectivity index (χ1v) is 6.71. The molecule has 0 aliphatic carbocycles. The molecule has 0 radical (unpaired) electrons. The minimum Gasteiger partial charge on any atom is -0.368 e. The van der Waals surface area contributed by atoms with Crippen LogP contribution in [0.15, 0.2) is 35.5 Å². The number of rotatable bonds is 3. The van der Waals surface area contributed by atoms with Crippen molar-refractivity contribution in [3.63, 3.8) is 0 Å². The summed E-state index contributed by atoms with van der Waals surface area (Å²) in [7, 11) is -4.03. The van der Waals surface area contributed by atoms with Gasteiger partial charge in [0.25, 0.3) is 10.0 Å². The summed E-state index contributed by atoms with van der Waals surface area (Å²) >= 11 is 0. The molecule has 0 saturated heterocycles. The molecule has 0 aliphatic heterocycles. The van der Waals surface area contributed by atoms with Crippen LogP contribution in [-0.4, -0.2) is 18.4 Å². The van der Waals surface area contributed by atoms with Gasteiger partial charge in [-0.15, -0.1) is 0 Å². The average molecular weight is 293 g/mol. The monoisotopic (exact) mass is 293 g/mol. The summed E-state index contributed by atoms with van der Waals surface area (Å²) in [5.41, 5.74) is 5.06. The highest BCUT2D eigenvalue weighted by atomic mass is 32.2. The molecule has 0 unspecified atom stereocenters. The lowest BCUT2D eigenvalue weighted by atomic mass is 10.2. The van der Waals surface area contributed by atoms with E-state index in [0.717, 1.165) is 24.5 Å². The van der Waals surface area contributed by atoms with Gasteiger partial charge in [-0.3, -0.25) is 4.72 Å². The lowest BCUT2D eigenvalue weighted by Gasteiger charge is -2.08. The van der Waals surface area contributed by atoms with Crippen molar-refractivity contribution < 1.29 is 12.8 Å². The maximum atomic E-state index is 13.6. The van der Waals surface area contributed by atoms with Crippen LogP contribution in [0.5, 0.6) is 0 Å². The minimum absolute atomic E-state index is 0.0755. The Morgan fingerprint density at radius 3 is 2.50 bits per heavy atom. The molecule has 0 saturated carbocycles. The molecular formula is C11H8FN5O2S. The Balaban J connectivity index is 2.34. The van der Waals surface area contributed by atoms with Gasteiger partial charge >= 0.3 is 0 Å². The van der Waals surface area contributed by atoms with E-state index in [1.807, 2.05) is 4.72 Å². The van der Waals surface area contributed by atoms with Crippen LogP contribution in [0.25, 0.3) is 0 Å². The molecule has 3 N–H and O–H groups in total. The molecule has 0 atom stereocenters. The Labute approximate surface area is 114 Å². The van der Waals surface area contributed by atoms with E-state index in [0.29, 0.717) is 0 Å². The van der Waals surface area contributed by atoms with Gasteiger partial charge in [-0.2, -0.15) is 5.26 Å². The van der Waals surface area contributed by atoms with Crippen LogP contribution in [0.3, 0.4) is 0 Å². The number of sulfonamides is 1. The smallest absolute Gasteiger partial charge is 0.265 e. The number of halogens is 1. The van der Waals surface area contributed by atoms with Gasteiger partial charge in [0, 0.05) is 0 Å². The van der Waals surface area contributed by atoms with Crippen molar-refractivity contribution in [3.8, 4) is 6.07 Å². The molecule has 0 spiro atoms. The zero-order valence-electron chi connectivity index (χ0n) is 9.91. The zero-order chi connectivity index (χ0) is 14.8. The molecule has 0 amide bonds. The number of aromatic nitrogens is 2. The third kappa shape index (κ3) is 2.81. The second-order valence-electron chi connectivity index (χ2n) is 3.69. The Morgan fingerprint density at radius 2 is 1.95 bits per heavy atom. The van der Waals surface area contributed by atoms with Gasteiger partial charge in [0.15, 0.2) is 0 Å². The third-order valence-electron chi connectivity index (χ3n) is 2.30. The number of nitrogens with one attached hydrogen (secondary N) is 1. The highest BCUT2D eigenvalue weighted by molar-refractivity contribution is 7.92. The van der Waals surface area contributed by atoms with Crippen LogP contribution >= 0.6 is 0 Å². The molecule has 0 fully saturated rings. The molecule has 2 rings (SSSR count). The lowest BCUT2D eigenvalue weighted by Crippen LogP contribution is -2.15. The second-order valence-corrected chi connectivity index (χ2v) is 5.37. The number of nitriles is 1. The van der Waals surface area contributed by atoms with Crippen molar-refractivity contribution in [2.45, 2.75) is 4.90 Å². The van der Waals surface area contributed by atoms with E-state index < -0.39 is 15.8 Å². The SMILES string of the molecule is N#Cc1ccc(NS(=O)(=O)c2cnc(N)nc2)c(F)c1. The molecule has 1 aromatic carbocycles. The summed E-state index contributed by atoms with van der Waals surface area (Å²) < 4.78 is 39.6. The molecule has 1 heterocycles. The highest BCUT2D eigenvalue weighted by Gasteiger charge is 2.17. The number of benzene rings is 1. The quantitative estimate of drug-likeness (QED) is 0.865. The number of nitrogens with zero attached hydrogens (tertiary/aromatic N) is 3. The normalized spacial score (nSPS) is 10.8. The van der Waals surface area contributed by atoms with Crippen molar-refractivity contribution in [2.24, 2.45) is 0 Å². The lowest BCUT2D eigenvalue weighted by molar-refractivity contribution is 0.597. The minimum atomic E-state index is -4.03. The van der Waals surface area contributed by atoms with Gasteiger partial charge in [0.1, 0.15) is 10.7 Å². The molecule has 9 heteroatoms. The van der Waals surface area contributed by atoms with Crippen molar-refractivity contribution in [3.05, 3.63) is 42.0 Å². The topological polar surface area (TPSA) is 122 Å². The van der Waals surface area contributed by atoms with Crippen LogP contribution in [0.1, 0.15) is 5.56 Å². The summed E-state index contributed by atoms with van der Waals surface area (Å²) in [4.78, 5) is 6.84. The predicted molar refractivity (Wildman–Crippen MR) is 68.4 cm³/mol. The van der Waals surface area contributed by atoms with Gasteiger partial charge in [-0.05, 0) is 18.2 Å². The van der Waals surface area contributed by atoms with Crippen LogP contribution in [0.4, 0.5) is 16.0 Å². The molecule has 20 heavy (non-hydrogen) atoms. The van der Waals surface area contributed by atoms with Crippen molar-refractivity contribution in [1.82, 2.24) is 9.97 Å². The first-order chi connectivity index (χ1) is 9.42. The van der Waals surface area contributed by atoms with Gasteiger partial charge in [-0.1, -0.05) is 0 Å². The fraction of sp³-hybridized carbons (Fsp3) is 0. The van der Waals surface area contributed by atoms with Crippen molar-refractivity contribution >= 4 is 21.7 Å². The predicted octanol–water partition coefficient (Wildman–Crippen LogP) is 0.870. The maximum absolute atomic E-state index is 13.6. The summed E-state index contributed by atoms with van der Waals surface area (Å²) in [5.74, 6) is -0.933. The standard InChI is InChI=1S/C11H8FN5O2S/c12-9-3-7(4-13)1-2-10(9)17-20(18,19)8-5-15-11(14)16-6-8/h1-3,5-6,17H,(H2,14,15,16). The molecule has 1 aromatic heterocycles. The Hall–Kier alpha value is -2.73. The van der Waals surface area contributed by atoms with E-state index in [4.69, 9.17) is 11.0 Å². The van der Waals surface area contributed by atoms with Crippen LogP contribution in [-0.2, 0) is 10.0 Å². The molecule has 0 aliphatic rings. The summed E-state index contributed by atoms with van der Waals surface area (Å²) in [6.45, 7) is 0. The Bertz CT molecular complexity index is 783. The van der Waals surface area contributed by atoms with Gasteiger partial charge in [0.05, 0.1) is 29.7 Å². The average Bonchev–Trinajstić information content (AvgIpc) is 2.41. The number of nitrogen functional groups attached to an aromatic ring is 1. The highest BCUT2D eigenvalue weighted by Crippen LogP contribution is 2.19. The molecule has 7 nitrogen and oxygen atoms in total. The van der Waals surface area contributed by atoms with Gasteiger partial charge < -0.3 is 5.73 Å². The molecular weight excluding hydrogens is 285 g/mol. The van der Waals surface area contributed by atoms with E-state index in [1.165, 1.54) is 6.07 Å². The molecule has 0 bridgehead atoms. The summed E-state index contributed by atoms with van der Waals surface area (Å²) in [5, 5.41) is 8.61. The van der Waals surface area contributed by atoms with E-state index in [-0.39, 0.29) is 22.1 Å². The number of anilines is 2. The third-order valence-corrected chi connectivity index (χ3v) is 3.62. The van der Waals surface area contributed by atoms with Crippen molar-refractivity contribution in [1.29, 1.82) is 5.26 Å².